The van der Waals surface area contributed by atoms with Gasteiger partial charge in [0.25, 0.3) is 11.2 Å². The van der Waals surface area contributed by atoms with Crippen molar-refractivity contribution in [2.45, 2.75) is 31.3 Å². The second-order valence-corrected chi connectivity index (χ2v) is 9.08. The smallest absolute Gasteiger partial charge is 0.369 e. The fourth-order valence-corrected chi connectivity index (χ4v) is 4.47. The molecule has 3 aromatic carbocycles. The van der Waals surface area contributed by atoms with E-state index in [1.165, 1.54) is 30.3 Å². The first-order valence-electron chi connectivity index (χ1n) is 11.7. The van der Waals surface area contributed by atoms with E-state index in [1.807, 2.05) is 0 Å². The fourth-order valence-electron chi connectivity index (χ4n) is 4.47. The van der Waals surface area contributed by atoms with Crippen LogP contribution in [0.3, 0.4) is 0 Å². The predicted molar refractivity (Wildman–Crippen MR) is 132 cm³/mol. The van der Waals surface area contributed by atoms with Gasteiger partial charge in [-0.15, -0.1) is 0 Å². The molecule has 206 valence electrons. The Kier molecular flexibility index (Phi) is 6.49. The van der Waals surface area contributed by atoms with Crippen LogP contribution in [0.25, 0.3) is 22.3 Å². The topological polar surface area (TPSA) is 85.8 Å². The SMILES string of the molecule is Cc1cc(C(O)(C(F)(F)F)C(F)(F)F)ccc1-n1c(Cc2ccccc2)nc2ccc(-n3cncn3)cc2c1=O. The Hall–Kier alpha value is -4.52. The number of hydrogen-bond acceptors (Lipinski definition) is 5. The summed E-state index contributed by atoms with van der Waals surface area (Å²) in [4.78, 5) is 22.4. The molecule has 0 radical (unpaired) electrons. The average Bonchev–Trinajstić information content (AvgIpc) is 3.43. The molecule has 0 amide bonds. The van der Waals surface area contributed by atoms with Gasteiger partial charge < -0.3 is 5.11 Å². The summed E-state index contributed by atoms with van der Waals surface area (Å²) in [6.45, 7) is 1.25. The number of benzene rings is 3. The standard InChI is InChI=1S/C27H19F6N5O2/c1-16-11-18(25(40,26(28,29)30)27(31,32)33)7-10-22(16)38-23(12-17-5-3-2-4-6-17)36-21-9-8-19(13-20(21)24(38)39)37-15-34-14-35-37/h2-11,13-15,40H,12H2,1H3. The molecule has 0 saturated carbocycles. The minimum Gasteiger partial charge on any atom is -0.369 e. The minimum atomic E-state index is -6.04. The number of nitrogens with zero attached hydrogens (tertiary/aromatic N) is 5. The molecule has 0 bridgehead atoms. The van der Waals surface area contributed by atoms with Gasteiger partial charge in [0.1, 0.15) is 18.5 Å². The van der Waals surface area contributed by atoms with Crippen molar-refractivity contribution >= 4 is 10.9 Å². The van der Waals surface area contributed by atoms with Crippen molar-refractivity contribution in [2.75, 3.05) is 0 Å². The van der Waals surface area contributed by atoms with Gasteiger partial charge in [0, 0.05) is 12.0 Å². The van der Waals surface area contributed by atoms with Crippen LogP contribution in [0.15, 0.2) is 84.2 Å². The second-order valence-electron chi connectivity index (χ2n) is 9.08. The average molecular weight is 559 g/mol. The van der Waals surface area contributed by atoms with Crippen LogP contribution in [0, 0.1) is 6.92 Å². The summed E-state index contributed by atoms with van der Waals surface area (Å²) >= 11 is 0. The fraction of sp³-hybridized carbons (Fsp3) is 0.185. The van der Waals surface area contributed by atoms with E-state index in [2.05, 4.69) is 15.1 Å². The molecule has 2 aromatic heterocycles. The lowest BCUT2D eigenvalue weighted by atomic mass is 9.90. The molecular formula is C27H19F6N5O2. The van der Waals surface area contributed by atoms with E-state index in [1.54, 1.807) is 42.5 Å². The van der Waals surface area contributed by atoms with Gasteiger partial charge in [-0.1, -0.05) is 42.5 Å². The van der Waals surface area contributed by atoms with Crippen molar-refractivity contribution in [1.29, 1.82) is 0 Å². The number of alkyl halides is 6. The molecule has 0 spiro atoms. The van der Waals surface area contributed by atoms with Crippen LogP contribution in [0.5, 0.6) is 0 Å². The van der Waals surface area contributed by atoms with Crippen molar-refractivity contribution in [3.63, 3.8) is 0 Å². The lowest BCUT2D eigenvalue weighted by Gasteiger charge is -2.33. The van der Waals surface area contributed by atoms with E-state index in [0.29, 0.717) is 23.3 Å². The Bertz CT molecular complexity index is 1730. The molecule has 5 aromatic rings. The van der Waals surface area contributed by atoms with Gasteiger partial charge in [-0.3, -0.25) is 9.36 Å². The second kappa shape index (κ2) is 9.59. The highest BCUT2D eigenvalue weighted by Crippen LogP contribution is 2.50. The zero-order valence-electron chi connectivity index (χ0n) is 20.6. The third-order valence-corrected chi connectivity index (χ3v) is 6.49. The van der Waals surface area contributed by atoms with E-state index in [9.17, 15) is 36.2 Å². The van der Waals surface area contributed by atoms with Crippen molar-refractivity contribution < 1.29 is 31.4 Å². The van der Waals surface area contributed by atoms with Crippen molar-refractivity contribution in [1.82, 2.24) is 24.3 Å². The number of halogens is 6. The maximum Gasteiger partial charge on any atom is 0.430 e. The lowest BCUT2D eigenvalue weighted by molar-refractivity contribution is -0.376. The summed E-state index contributed by atoms with van der Waals surface area (Å²) in [5.41, 5.74) is -5.66. The van der Waals surface area contributed by atoms with Crippen LogP contribution in [0.2, 0.25) is 0 Å². The number of aryl methyl sites for hydroxylation is 1. The minimum absolute atomic E-state index is 0.00643. The monoisotopic (exact) mass is 559 g/mol. The zero-order valence-corrected chi connectivity index (χ0v) is 20.6. The van der Waals surface area contributed by atoms with Crippen LogP contribution >= 0.6 is 0 Å². The molecule has 5 rings (SSSR count). The van der Waals surface area contributed by atoms with E-state index in [-0.39, 0.29) is 28.9 Å². The van der Waals surface area contributed by atoms with Gasteiger partial charge in [0.05, 0.1) is 22.3 Å². The third kappa shape index (κ3) is 4.51. The summed E-state index contributed by atoms with van der Waals surface area (Å²) < 4.78 is 83.5. The highest BCUT2D eigenvalue weighted by Gasteiger charge is 2.71. The number of hydrogen-bond donors (Lipinski definition) is 1. The molecular weight excluding hydrogens is 540 g/mol. The van der Waals surface area contributed by atoms with E-state index >= 15 is 0 Å². The Labute approximate surface area is 222 Å². The molecule has 0 saturated heterocycles. The van der Waals surface area contributed by atoms with Crippen LogP contribution in [-0.4, -0.2) is 41.8 Å². The van der Waals surface area contributed by atoms with Gasteiger partial charge in [0.15, 0.2) is 0 Å². The highest BCUT2D eigenvalue weighted by molar-refractivity contribution is 5.80. The molecule has 0 atom stereocenters. The number of rotatable bonds is 5. The van der Waals surface area contributed by atoms with Gasteiger partial charge in [-0.2, -0.15) is 31.4 Å². The molecule has 7 nitrogen and oxygen atoms in total. The molecule has 0 aliphatic heterocycles. The number of aliphatic hydroxyl groups is 1. The molecule has 1 N–H and O–H groups in total. The largest absolute Gasteiger partial charge is 0.430 e. The first kappa shape index (κ1) is 27.1. The molecule has 40 heavy (non-hydrogen) atoms. The maximum absolute atomic E-state index is 13.9. The van der Waals surface area contributed by atoms with Crippen LogP contribution < -0.4 is 5.56 Å². The molecule has 0 aliphatic carbocycles. The van der Waals surface area contributed by atoms with Crippen LogP contribution in [0.1, 0.15) is 22.5 Å². The molecule has 2 heterocycles. The summed E-state index contributed by atoms with van der Waals surface area (Å²) in [6, 6.07) is 15.7. The first-order valence-corrected chi connectivity index (χ1v) is 11.7. The predicted octanol–water partition coefficient (Wildman–Crippen LogP) is 5.18. The molecule has 0 aliphatic rings. The Morgan fingerprint density at radius 2 is 1.60 bits per heavy atom. The van der Waals surface area contributed by atoms with E-state index in [0.717, 1.165) is 16.2 Å². The summed E-state index contributed by atoms with van der Waals surface area (Å²) in [5.74, 6) is 0.204. The molecule has 0 fully saturated rings. The first-order chi connectivity index (χ1) is 18.8. The molecule has 13 heteroatoms. The zero-order chi connectivity index (χ0) is 28.9. The van der Waals surface area contributed by atoms with Gasteiger partial charge in [-0.05, 0) is 42.3 Å². The normalized spacial score (nSPS) is 12.7. The van der Waals surface area contributed by atoms with Crippen LogP contribution in [0.4, 0.5) is 26.3 Å². The Morgan fingerprint density at radius 3 is 2.20 bits per heavy atom. The van der Waals surface area contributed by atoms with Crippen molar-refractivity contribution in [3.8, 4) is 11.4 Å². The summed E-state index contributed by atoms with van der Waals surface area (Å²) in [6.07, 6.45) is -9.24. The highest BCUT2D eigenvalue weighted by atomic mass is 19.4. The van der Waals surface area contributed by atoms with Crippen molar-refractivity contribution in [2.24, 2.45) is 0 Å². The van der Waals surface area contributed by atoms with E-state index < -0.39 is 29.1 Å². The quantitative estimate of drug-likeness (QED) is 0.300. The summed E-state index contributed by atoms with van der Waals surface area (Å²) in [5, 5.41) is 14.0. The third-order valence-electron chi connectivity index (χ3n) is 6.49. The maximum atomic E-state index is 13.9. The Balaban J connectivity index is 1.74. The number of fused-ring (bicyclic) bond motifs is 1. The Morgan fingerprint density at radius 1 is 0.900 bits per heavy atom. The number of aromatic nitrogens is 5. The lowest BCUT2D eigenvalue weighted by Crippen LogP contribution is -2.54. The van der Waals surface area contributed by atoms with Gasteiger partial charge >= 0.3 is 12.4 Å². The van der Waals surface area contributed by atoms with Gasteiger partial charge in [-0.25, -0.2) is 14.6 Å². The summed E-state index contributed by atoms with van der Waals surface area (Å²) in [7, 11) is 0. The van der Waals surface area contributed by atoms with Gasteiger partial charge in [0.2, 0.25) is 0 Å². The van der Waals surface area contributed by atoms with Crippen LogP contribution in [-0.2, 0) is 12.0 Å². The van der Waals surface area contributed by atoms with E-state index in [4.69, 9.17) is 0 Å². The molecule has 0 unspecified atom stereocenters. The van der Waals surface area contributed by atoms with Crippen molar-refractivity contribution in [3.05, 3.63) is 112 Å².